The largest absolute Gasteiger partial charge is 0.327 e. The Bertz CT molecular complexity index is 983. The van der Waals surface area contributed by atoms with Gasteiger partial charge in [0.15, 0.2) is 0 Å². The molecule has 0 unspecified atom stereocenters. The number of halogens is 1. The lowest BCUT2D eigenvalue weighted by molar-refractivity contribution is 0.197. The van der Waals surface area contributed by atoms with Gasteiger partial charge in [0.25, 0.3) is 0 Å². The van der Waals surface area contributed by atoms with E-state index >= 15 is 0 Å². The monoisotopic (exact) mass is 379 g/mol. The molecule has 4 heteroatoms. The Labute approximate surface area is 166 Å². The molecule has 0 amide bonds. The molecule has 27 heavy (non-hydrogen) atoms. The molecule has 2 aliphatic heterocycles. The molecular formula is C23H26ClN3. The molecule has 3 nitrogen and oxygen atoms in total. The van der Waals surface area contributed by atoms with Gasteiger partial charge in [0.2, 0.25) is 0 Å². The minimum Gasteiger partial charge on any atom is -0.327 e. The Hall–Kier alpha value is -1.84. The van der Waals surface area contributed by atoms with Crippen LogP contribution in [0.15, 0.2) is 36.4 Å². The number of hydrogen-bond donors (Lipinski definition) is 0. The first kappa shape index (κ1) is 17.3. The Morgan fingerprint density at radius 2 is 1.93 bits per heavy atom. The summed E-state index contributed by atoms with van der Waals surface area (Å²) in [5, 5.41) is 0.814. The maximum absolute atomic E-state index is 6.31. The molecule has 3 aromatic rings. The summed E-state index contributed by atoms with van der Waals surface area (Å²) >= 11 is 6.31. The topological polar surface area (TPSA) is 21.1 Å². The molecule has 1 aromatic heterocycles. The van der Waals surface area contributed by atoms with Crippen molar-refractivity contribution in [2.75, 3.05) is 13.1 Å². The Balaban J connectivity index is 1.34. The molecular weight excluding hydrogens is 354 g/mol. The van der Waals surface area contributed by atoms with E-state index in [1.165, 1.54) is 47.3 Å². The summed E-state index contributed by atoms with van der Waals surface area (Å²) < 4.78 is 2.44. The molecule has 0 aliphatic carbocycles. The first-order chi connectivity index (χ1) is 13.2. The van der Waals surface area contributed by atoms with Crippen LogP contribution in [0.2, 0.25) is 5.02 Å². The number of hydrogen-bond acceptors (Lipinski definition) is 2. The SMILES string of the molecule is Cc1ccccc1C1CCN(Cc2nc3cc(Cl)cc4c3n2CCC4)CC1. The van der Waals surface area contributed by atoms with E-state index in [0.717, 1.165) is 43.1 Å². The number of aryl methyl sites for hydroxylation is 3. The van der Waals surface area contributed by atoms with Crippen LogP contribution in [-0.2, 0) is 19.5 Å². The lowest BCUT2D eigenvalue weighted by atomic mass is 9.87. The molecule has 0 atom stereocenters. The van der Waals surface area contributed by atoms with E-state index < -0.39 is 0 Å². The third kappa shape index (κ3) is 3.17. The van der Waals surface area contributed by atoms with Crippen molar-refractivity contribution < 1.29 is 0 Å². The van der Waals surface area contributed by atoms with Crippen LogP contribution < -0.4 is 0 Å². The van der Waals surface area contributed by atoms with Crippen molar-refractivity contribution >= 4 is 22.6 Å². The van der Waals surface area contributed by atoms with Crippen LogP contribution in [0.1, 0.15) is 47.7 Å². The van der Waals surface area contributed by atoms with Gasteiger partial charge in [0, 0.05) is 11.6 Å². The number of nitrogens with zero attached hydrogens (tertiary/aromatic N) is 3. The smallest absolute Gasteiger partial charge is 0.124 e. The average molecular weight is 380 g/mol. The van der Waals surface area contributed by atoms with Crippen LogP contribution in [0.3, 0.4) is 0 Å². The van der Waals surface area contributed by atoms with E-state index in [4.69, 9.17) is 16.6 Å². The predicted octanol–water partition coefficient (Wildman–Crippen LogP) is 5.32. The fourth-order valence-electron chi connectivity index (χ4n) is 4.99. The Kier molecular flexibility index (Phi) is 4.45. The second kappa shape index (κ2) is 6.96. The van der Waals surface area contributed by atoms with Crippen molar-refractivity contribution in [3.05, 3.63) is 63.9 Å². The molecule has 0 saturated carbocycles. The van der Waals surface area contributed by atoms with Gasteiger partial charge in [-0.15, -0.1) is 0 Å². The van der Waals surface area contributed by atoms with Crippen LogP contribution in [0.25, 0.3) is 11.0 Å². The third-order valence-corrected chi connectivity index (χ3v) is 6.59. The summed E-state index contributed by atoms with van der Waals surface area (Å²) in [4.78, 5) is 7.55. The first-order valence-corrected chi connectivity index (χ1v) is 10.5. The van der Waals surface area contributed by atoms with E-state index in [1.54, 1.807) is 0 Å². The van der Waals surface area contributed by atoms with E-state index in [0.29, 0.717) is 5.92 Å². The molecule has 2 aromatic carbocycles. The summed E-state index contributed by atoms with van der Waals surface area (Å²) in [6.45, 7) is 6.57. The van der Waals surface area contributed by atoms with Gasteiger partial charge >= 0.3 is 0 Å². The molecule has 2 aliphatic rings. The molecule has 0 N–H and O–H groups in total. The van der Waals surface area contributed by atoms with E-state index in [9.17, 15) is 0 Å². The van der Waals surface area contributed by atoms with Crippen LogP contribution in [0, 0.1) is 6.92 Å². The predicted molar refractivity (Wildman–Crippen MR) is 111 cm³/mol. The van der Waals surface area contributed by atoms with Gasteiger partial charge in [0.1, 0.15) is 5.82 Å². The quantitative estimate of drug-likeness (QED) is 0.613. The van der Waals surface area contributed by atoms with E-state index in [-0.39, 0.29) is 0 Å². The first-order valence-electron chi connectivity index (χ1n) is 10.1. The van der Waals surface area contributed by atoms with Gasteiger partial charge in [-0.25, -0.2) is 4.98 Å². The van der Waals surface area contributed by atoms with Crippen molar-refractivity contribution in [1.82, 2.24) is 14.5 Å². The highest BCUT2D eigenvalue weighted by Gasteiger charge is 2.24. The zero-order chi connectivity index (χ0) is 18.4. The highest BCUT2D eigenvalue weighted by atomic mass is 35.5. The molecule has 3 heterocycles. The molecule has 0 bridgehead atoms. The number of benzene rings is 2. The fourth-order valence-corrected chi connectivity index (χ4v) is 5.23. The van der Waals surface area contributed by atoms with Crippen molar-refractivity contribution in [2.24, 2.45) is 0 Å². The molecule has 0 spiro atoms. The van der Waals surface area contributed by atoms with E-state index in [1.807, 2.05) is 6.07 Å². The Morgan fingerprint density at radius 1 is 1.11 bits per heavy atom. The molecule has 0 radical (unpaired) electrons. The van der Waals surface area contributed by atoms with E-state index in [2.05, 4.69) is 46.7 Å². The molecule has 1 saturated heterocycles. The summed E-state index contributed by atoms with van der Waals surface area (Å²) in [6, 6.07) is 13.0. The van der Waals surface area contributed by atoms with Gasteiger partial charge in [-0.3, -0.25) is 4.90 Å². The zero-order valence-electron chi connectivity index (χ0n) is 15.9. The summed E-state index contributed by atoms with van der Waals surface area (Å²) in [7, 11) is 0. The highest BCUT2D eigenvalue weighted by molar-refractivity contribution is 6.31. The van der Waals surface area contributed by atoms with Gasteiger partial charge in [-0.1, -0.05) is 35.9 Å². The molecule has 140 valence electrons. The van der Waals surface area contributed by atoms with Crippen molar-refractivity contribution in [2.45, 2.75) is 51.6 Å². The maximum Gasteiger partial charge on any atom is 0.124 e. The normalized spacial score (nSPS) is 18.3. The lowest BCUT2D eigenvalue weighted by Gasteiger charge is -2.32. The second-order valence-corrected chi connectivity index (χ2v) is 8.56. The number of aromatic nitrogens is 2. The van der Waals surface area contributed by atoms with Crippen LogP contribution in [0.4, 0.5) is 0 Å². The summed E-state index contributed by atoms with van der Waals surface area (Å²) in [6.07, 6.45) is 4.77. The standard InChI is InChI=1S/C23H26ClN3/c1-16-5-2-3-7-20(16)17-8-11-26(12-9-17)15-22-25-21-14-19(24)13-18-6-4-10-27(22)23(18)21/h2-3,5,7,13-14,17H,4,6,8-12,15H2,1H3. The minimum absolute atomic E-state index is 0.700. The van der Waals surface area contributed by atoms with Gasteiger partial charge < -0.3 is 4.57 Å². The molecule has 1 fully saturated rings. The Morgan fingerprint density at radius 3 is 2.74 bits per heavy atom. The third-order valence-electron chi connectivity index (χ3n) is 6.37. The van der Waals surface area contributed by atoms with Crippen LogP contribution in [-0.4, -0.2) is 27.5 Å². The fraction of sp³-hybridized carbons (Fsp3) is 0.435. The molecule has 5 rings (SSSR count). The number of imidazole rings is 1. The number of likely N-dealkylation sites (tertiary alicyclic amines) is 1. The highest BCUT2D eigenvalue weighted by Crippen LogP contribution is 2.33. The maximum atomic E-state index is 6.31. The van der Waals surface area contributed by atoms with Crippen LogP contribution >= 0.6 is 11.6 Å². The van der Waals surface area contributed by atoms with Gasteiger partial charge in [-0.2, -0.15) is 0 Å². The van der Waals surface area contributed by atoms with Crippen molar-refractivity contribution in [3.63, 3.8) is 0 Å². The average Bonchev–Trinajstić information content (AvgIpc) is 3.01. The summed E-state index contributed by atoms with van der Waals surface area (Å²) in [5.41, 5.74) is 6.72. The lowest BCUT2D eigenvalue weighted by Crippen LogP contribution is -2.33. The number of rotatable bonds is 3. The summed E-state index contributed by atoms with van der Waals surface area (Å²) in [5.74, 6) is 1.91. The zero-order valence-corrected chi connectivity index (χ0v) is 16.7. The minimum atomic E-state index is 0.700. The van der Waals surface area contributed by atoms with Gasteiger partial charge in [-0.05, 0) is 80.4 Å². The van der Waals surface area contributed by atoms with Crippen LogP contribution in [0.5, 0.6) is 0 Å². The van der Waals surface area contributed by atoms with Crippen molar-refractivity contribution in [3.8, 4) is 0 Å². The number of piperidine rings is 1. The second-order valence-electron chi connectivity index (χ2n) is 8.12. The van der Waals surface area contributed by atoms with Gasteiger partial charge in [0.05, 0.1) is 17.6 Å². The van der Waals surface area contributed by atoms with Crippen molar-refractivity contribution in [1.29, 1.82) is 0 Å².